The van der Waals surface area contributed by atoms with E-state index in [2.05, 4.69) is 0 Å². The molecule has 0 amide bonds. The van der Waals surface area contributed by atoms with E-state index in [1.165, 1.54) is 12.8 Å². The summed E-state index contributed by atoms with van der Waals surface area (Å²) < 4.78 is 6.07. The summed E-state index contributed by atoms with van der Waals surface area (Å²) in [6, 6.07) is 7.60. The number of rotatable bonds is 2. The van der Waals surface area contributed by atoms with Crippen molar-refractivity contribution < 1.29 is 9.84 Å². The average molecular weight is 295 g/mol. The van der Waals surface area contributed by atoms with Crippen molar-refractivity contribution in [3.05, 3.63) is 34.9 Å². The van der Waals surface area contributed by atoms with Crippen molar-refractivity contribution >= 4 is 11.6 Å². The molecule has 20 heavy (non-hydrogen) atoms. The van der Waals surface area contributed by atoms with Crippen LogP contribution in [0, 0.1) is 5.92 Å². The molecule has 1 aliphatic heterocycles. The largest absolute Gasteiger partial charge is 0.385 e. The van der Waals surface area contributed by atoms with E-state index in [-0.39, 0.29) is 11.5 Å². The van der Waals surface area contributed by atoms with Gasteiger partial charge >= 0.3 is 0 Å². The first-order chi connectivity index (χ1) is 9.52. The molecular formula is C17H23ClO2. The van der Waals surface area contributed by atoms with E-state index in [4.69, 9.17) is 16.3 Å². The van der Waals surface area contributed by atoms with Gasteiger partial charge in [0.05, 0.1) is 11.2 Å². The molecule has 0 radical (unpaired) electrons. The summed E-state index contributed by atoms with van der Waals surface area (Å²) in [5, 5.41) is 11.8. The highest BCUT2D eigenvalue weighted by Crippen LogP contribution is 2.47. The Hall–Kier alpha value is -0.570. The van der Waals surface area contributed by atoms with E-state index in [0.29, 0.717) is 5.02 Å². The van der Waals surface area contributed by atoms with Gasteiger partial charge in [-0.1, -0.05) is 36.6 Å². The molecule has 2 aliphatic rings. The zero-order chi connectivity index (χ0) is 14.2. The van der Waals surface area contributed by atoms with E-state index >= 15 is 0 Å². The van der Waals surface area contributed by atoms with Crippen LogP contribution in [-0.2, 0) is 10.3 Å². The molecule has 3 rings (SSSR count). The molecule has 1 aliphatic carbocycles. The van der Waals surface area contributed by atoms with Crippen molar-refractivity contribution in [3.8, 4) is 0 Å². The molecule has 0 aromatic heterocycles. The van der Waals surface area contributed by atoms with Crippen molar-refractivity contribution in [2.45, 2.75) is 56.7 Å². The van der Waals surface area contributed by atoms with E-state index in [1.807, 2.05) is 31.2 Å². The van der Waals surface area contributed by atoms with Crippen LogP contribution in [0.4, 0.5) is 0 Å². The zero-order valence-electron chi connectivity index (χ0n) is 12.1. The second-order valence-electron chi connectivity index (χ2n) is 6.58. The molecule has 0 bridgehead atoms. The first-order valence-electron chi connectivity index (χ1n) is 7.64. The molecule has 3 heteroatoms. The Bertz CT molecular complexity index is 460. The van der Waals surface area contributed by atoms with E-state index in [9.17, 15) is 5.11 Å². The van der Waals surface area contributed by atoms with Gasteiger partial charge < -0.3 is 9.84 Å². The van der Waals surface area contributed by atoms with Crippen LogP contribution in [0.2, 0.25) is 5.02 Å². The van der Waals surface area contributed by atoms with Crippen LogP contribution in [0.25, 0.3) is 0 Å². The topological polar surface area (TPSA) is 29.5 Å². The minimum atomic E-state index is -0.802. The second kappa shape index (κ2) is 5.32. The highest BCUT2D eigenvalue weighted by molar-refractivity contribution is 6.30. The average Bonchev–Trinajstić information content (AvgIpc) is 2.87. The summed E-state index contributed by atoms with van der Waals surface area (Å²) >= 11 is 5.94. The number of benzene rings is 1. The Morgan fingerprint density at radius 2 is 1.90 bits per heavy atom. The molecule has 1 aromatic rings. The zero-order valence-corrected chi connectivity index (χ0v) is 12.8. The van der Waals surface area contributed by atoms with E-state index in [1.54, 1.807) is 0 Å². The molecule has 2 unspecified atom stereocenters. The molecule has 2 nitrogen and oxygen atoms in total. The molecule has 1 saturated heterocycles. The molecule has 2 fully saturated rings. The number of hydrogen-bond acceptors (Lipinski definition) is 2. The van der Waals surface area contributed by atoms with E-state index < -0.39 is 5.60 Å². The van der Waals surface area contributed by atoms with Crippen LogP contribution in [0.5, 0.6) is 0 Å². The summed E-state index contributed by atoms with van der Waals surface area (Å²) in [7, 11) is 0. The fourth-order valence-corrected chi connectivity index (χ4v) is 4.02. The summed E-state index contributed by atoms with van der Waals surface area (Å²) in [4.78, 5) is 0. The molecule has 1 saturated carbocycles. The monoisotopic (exact) mass is 294 g/mol. The maximum atomic E-state index is 11.0. The lowest BCUT2D eigenvalue weighted by molar-refractivity contribution is -0.138. The molecular weight excluding hydrogens is 272 g/mol. The Kier molecular flexibility index (Phi) is 3.83. The number of ether oxygens (including phenoxy) is 1. The van der Waals surface area contributed by atoms with Crippen molar-refractivity contribution in [1.29, 1.82) is 0 Å². The molecule has 1 heterocycles. The fraction of sp³-hybridized carbons (Fsp3) is 0.647. The van der Waals surface area contributed by atoms with Gasteiger partial charge in [0.25, 0.3) is 0 Å². The predicted molar refractivity (Wildman–Crippen MR) is 80.9 cm³/mol. The SMILES string of the molecule is CC(O)(c1ccc(Cl)cc1)C1CCOC2(CCCC2)C1. The Balaban J connectivity index is 1.81. The van der Waals surface area contributed by atoms with Crippen LogP contribution in [0.3, 0.4) is 0 Å². The second-order valence-corrected chi connectivity index (χ2v) is 7.02. The van der Waals surface area contributed by atoms with Crippen LogP contribution >= 0.6 is 11.6 Å². The van der Waals surface area contributed by atoms with Gasteiger partial charge in [0.2, 0.25) is 0 Å². The first-order valence-corrected chi connectivity index (χ1v) is 8.02. The molecule has 1 spiro atoms. The quantitative estimate of drug-likeness (QED) is 0.882. The smallest absolute Gasteiger partial charge is 0.0898 e. The highest BCUT2D eigenvalue weighted by Gasteiger charge is 2.45. The summed E-state index contributed by atoms with van der Waals surface area (Å²) in [6.45, 7) is 2.71. The lowest BCUT2D eigenvalue weighted by atomic mass is 9.73. The number of aliphatic hydroxyl groups is 1. The van der Waals surface area contributed by atoms with Gasteiger partial charge in [-0.05, 0) is 56.2 Å². The maximum absolute atomic E-state index is 11.0. The van der Waals surface area contributed by atoms with Crippen LogP contribution in [0.1, 0.15) is 51.0 Å². The maximum Gasteiger partial charge on any atom is 0.0898 e. The van der Waals surface area contributed by atoms with Gasteiger partial charge in [-0.15, -0.1) is 0 Å². The van der Waals surface area contributed by atoms with Gasteiger partial charge in [-0.2, -0.15) is 0 Å². The normalized spacial score (nSPS) is 28.4. The third-order valence-electron chi connectivity index (χ3n) is 5.23. The van der Waals surface area contributed by atoms with Crippen LogP contribution in [0.15, 0.2) is 24.3 Å². The van der Waals surface area contributed by atoms with Crippen LogP contribution < -0.4 is 0 Å². The first kappa shape index (κ1) is 14.4. The van der Waals surface area contributed by atoms with Gasteiger partial charge in [-0.3, -0.25) is 0 Å². The van der Waals surface area contributed by atoms with Crippen molar-refractivity contribution in [1.82, 2.24) is 0 Å². The highest BCUT2D eigenvalue weighted by atomic mass is 35.5. The summed E-state index contributed by atoms with van der Waals surface area (Å²) in [5.41, 5.74) is 0.200. The van der Waals surface area contributed by atoms with E-state index in [0.717, 1.165) is 37.9 Å². The van der Waals surface area contributed by atoms with Gasteiger partial charge in [0.1, 0.15) is 0 Å². The van der Waals surface area contributed by atoms with Gasteiger partial charge in [-0.25, -0.2) is 0 Å². The lowest BCUT2D eigenvalue weighted by Gasteiger charge is -2.44. The van der Waals surface area contributed by atoms with Gasteiger partial charge in [0.15, 0.2) is 0 Å². The Labute approximate surface area is 126 Å². The van der Waals surface area contributed by atoms with Crippen molar-refractivity contribution in [2.75, 3.05) is 6.61 Å². The summed E-state index contributed by atoms with van der Waals surface area (Å²) in [6.07, 6.45) is 6.73. The predicted octanol–water partition coefficient (Wildman–Crippen LogP) is 4.29. The molecule has 110 valence electrons. The van der Waals surface area contributed by atoms with Gasteiger partial charge in [0, 0.05) is 11.6 Å². The fourth-order valence-electron chi connectivity index (χ4n) is 3.90. The van der Waals surface area contributed by atoms with Crippen molar-refractivity contribution in [3.63, 3.8) is 0 Å². The molecule has 1 N–H and O–H groups in total. The lowest BCUT2D eigenvalue weighted by Crippen LogP contribution is -2.44. The minimum Gasteiger partial charge on any atom is -0.385 e. The Morgan fingerprint density at radius 1 is 1.25 bits per heavy atom. The molecule has 2 atom stereocenters. The van der Waals surface area contributed by atoms with Crippen LogP contribution in [-0.4, -0.2) is 17.3 Å². The molecule has 1 aromatic carbocycles. The minimum absolute atomic E-state index is 0.0410. The van der Waals surface area contributed by atoms with Crippen molar-refractivity contribution in [2.24, 2.45) is 5.92 Å². The number of halogens is 1. The third kappa shape index (κ3) is 2.61. The summed E-state index contributed by atoms with van der Waals surface area (Å²) in [5.74, 6) is 0.260. The third-order valence-corrected chi connectivity index (χ3v) is 5.48. The Morgan fingerprint density at radius 3 is 2.55 bits per heavy atom. The number of hydrogen-bond donors (Lipinski definition) is 1. The standard InChI is InChI=1S/C17H23ClO2/c1-16(19,13-4-6-15(18)7-5-13)14-8-11-20-17(12-14)9-2-3-10-17/h4-7,14,19H,2-3,8-12H2,1H3.